The number of alkyl halides is 1. The Labute approximate surface area is 102 Å². The summed E-state index contributed by atoms with van der Waals surface area (Å²) >= 11 is 5.73. The Morgan fingerprint density at radius 3 is 2.56 bits per heavy atom. The average Bonchev–Trinajstić information content (AvgIpc) is 2.38. The van der Waals surface area contributed by atoms with Crippen LogP contribution < -0.4 is 0 Å². The van der Waals surface area contributed by atoms with Crippen molar-refractivity contribution in [2.75, 3.05) is 6.61 Å². The molecule has 0 bridgehead atoms. The Morgan fingerprint density at radius 2 is 1.94 bits per heavy atom. The van der Waals surface area contributed by atoms with Crippen LogP contribution in [-0.2, 0) is 22.0 Å². The summed E-state index contributed by atoms with van der Waals surface area (Å²) in [6.45, 7) is 1.45. The van der Waals surface area contributed by atoms with E-state index in [-0.39, 0.29) is 6.29 Å². The summed E-state index contributed by atoms with van der Waals surface area (Å²) in [4.78, 5) is 0. The van der Waals surface area contributed by atoms with Crippen molar-refractivity contribution in [1.29, 1.82) is 0 Å². The van der Waals surface area contributed by atoms with Crippen LogP contribution in [0.3, 0.4) is 0 Å². The van der Waals surface area contributed by atoms with Gasteiger partial charge >= 0.3 is 0 Å². The predicted octanol–water partition coefficient (Wildman–Crippen LogP) is 3.47. The SMILES string of the molecule is ClCc1ccc(COC2CCCCO2)cc1. The normalized spacial score (nSPS) is 20.9. The number of hydrogen-bond acceptors (Lipinski definition) is 2. The molecule has 1 aliphatic heterocycles. The van der Waals surface area contributed by atoms with Gasteiger partial charge in [0.15, 0.2) is 6.29 Å². The van der Waals surface area contributed by atoms with Gasteiger partial charge in [-0.1, -0.05) is 24.3 Å². The topological polar surface area (TPSA) is 18.5 Å². The fourth-order valence-electron chi connectivity index (χ4n) is 1.76. The minimum Gasteiger partial charge on any atom is -0.353 e. The van der Waals surface area contributed by atoms with Crippen LogP contribution in [0, 0.1) is 0 Å². The molecule has 16 heavy (non-hydrogen) atoms. The smallest absolute Gasteiger partial charge is 0.158 e. The van der Waals surface area contributed by atoms with Crippen LogP contribution in [0.4, 0.5) is 0 Å². The lowest BCUT2D eigenvalue weighted by Crippen LogP contribution is -2.21. The van der Waals surface area contributed by atoms with E-state index < -0.39 is 0 Å². The second kappa shape index (κ2) is 6.24. The molecule has 0 aromatic heterocycles. The molecule has 1 heterocycles. The highest BCUT2D eigenvalue weighted by molar-refractivity contribution is 6.17. The van der Waals surface area contributed by atoms with Crippen molar-refractivity contribution < 1.29 is 9.47 Å². The van der Waals surface area contributed by atoms with E-state index in [1.807, 2.05) is 12.1 Å². The first kappa shape index (κ1) is 11.9. The van der Waals surface area contributed by atoms with E-state index in [1.54, 1.807) is 0 Å². The van der Waals surface area contributed by atoms with Crippen LogP contribution in [0.2, 0.25) is 0 Å². The molecule has 2 nitrogen and oxygen atoms in total. The first-order valence-corrected chi connectivity index (χ1v) is 6.29. The van der Waals surface area contributed by atoms with Gasteiger partial charge in [-0.15, -0.1) is 11.6 Å². The largest absolute Gasteiger partial charge is 0.353 e. The van der Waals surface area contributed by atoms with Gasteiger partial charge < -0.3 is 9.47 Å². The average molecular weight is 241 g/mol. The molecule has 0 spiro atoms. The lowest BCUT2D eigenvalue weighted by molar-refractivity contribution is -0.168. The van der Waals surface area contributed by atoms with Crippen molar-refractivity contribution in [2.45, 2.75) is 38.0 Å². The molecule has 2 rings (SSSR count). The number of halogens is 1. The predicted molar refractivity (Wildman–Crippen MR) is 64.4 cm³/mol. The maximum atomic E-state index is 5.73. The first-order chi connectivity index (χ1) is 7.88. The van der Waals surface area contributed by atoms with Gasteiger partial charge in [0.1, 0.15) is 0 Å². The van der Waals surface area contributed by atoms with Crippen LogP contribution in [0.15, 0.2) is 24.3 Å². The third-order valence-corrected chi connectivity index (χ3v) is 3.06. The number of rotatable bonds is 4. The number of benzene rings is 1. The molecule has 1 aromatic carbocycles. The molecule has 88 valence electrons. The summed E-state index contributed by atoms with van der Waals surface area (Å²) in [6.07, 6.45) is 3.36. The molecule has 0 aliphatic carbocycles. The zero-order valence-electron chi connectivity index (χ0n) is 9.32. The number of hydrogen-bond donors (Lipinski definition) is 0. The molecule has 0 N–H and O–H groups in total. The Balaban J connectivity index is 1.79. The van der Waals surface area contributed by atoms with Crippen molar-refractivity contribution in [3.05, 3.63) is 35.4 Å². The Hall–Kier alpha value is -0.570. The maximum Gasteiger partial charge on any atom is 0.158 e. The summed E-state index contributed by atoms with van der Waals surface area (Å²) in [5.74, 6) is 0.562. The second-order valence-corrected chi connectivity index (χ2v) is 4.32. The molecular formula is C13H17ClO2. The molecular weight excluding hydrogens is 224 g/mol. The molecule has 1 fully saturated rings. The number of ether oxygens (including phenoxy) is 2. The zero-order chi connectivity index (χ0) is 11.2. The molecule has 3 heteroatoms. The van der Waals surface area contributed by atoms with Crippen LogP contribution in [0.5, 0.6) is 0 Å². The highest BCUT2D eigenvalue weighted by atomic mass is 35.5. The fourth-order valence-corrected chi connectivity index (χ4v) is 1.93. The first-order valence-electron chi connectivity index (χ1n) is 5.75. The molecule has 1 atom stereocenters. The van der Waals surface area contributed by atoms with Crippen molar-refractivity contribution in [2.24, 2.45) is 0 Å². The third-order valence-electron chi connectivity index (χ3n) is 2.75. The highest BCUT2D eigenvalue weighted by Gasteiger charge is 2.13. The third kappa shape index (κ3) is 3.48. The van der Waals surface area contributed by atoms with Crippen molar-refractivity contribution in [3.8, 4) is 0 Å². The molecule has 0 saturated carbocycles. The molecule has 1 saturated heterocycles. The monoisotopic (exact) mass is 240 g/mol. The van der Waals surface area contributed by atoms with Gasteiger partial charge in [0, 0.05) is 12.5 Å². The van der Waals surface area contributed by atoms with E-state index in [9.17, 15) is 0 Å². The van der Waals surface area contributed by atoms with Crippen molar-refractivity contribution >= 4 is 11.6 Å². The summed E-state index contributed by atoms with van der Waals surface area (Å²) in [7, 11) is 0. The molecule has 1 unspecified atom stereocenters. The van der Waals surface area contributed by atoms with Gasteiger partial charge in [-0.05, 0) is 30.4 Å². The molecule has 0 amide bonds. The van der Waals surface area contributed by atoms with Gasteiger partial charge in [0.25, 0.3) is 0 Å². The lowest BCUT2D eigenvalue weighted by atomic mass is 10.1. The van der Waals surface area contributed by atoms with Gasteiger partial charge in [-0.2, -0.15) is 0 Å². The fraction of sp³-hybridized carbons (Fsp3) is 0.538. The van der Waals surface area contributed by atoms with E-state index in [2.05, 4.69) is 12.1 Å². The van der Waals surface area contributed by atoms with Gasteiger partial charge in [-0.25, -0.2) is 0 Å². The Bertz CT molecular complexity index is 304. The summed E-state index contributed by atoms with van der Waals surface area (Å²) in [6, 6.07) is 8.18. The van der Waals surface area contributed by atoms with Crippen molar-refractivity contribution in [1.82, 2.24) is 0 Å². The van der Waals surface area contributed by atoms with E-state index >= 15 is 0 Å². The van der Waals surface area contributed by atoms with Crippen LogP contribution in [0.1, 0.15) is 30.4 Å². The summed E-state index contributed by atoms with van der Waals surface area (Å²) in [5, 5.41) is 0. The Kier molecular flexibility index (Phi) is 4.64. The minimum atomic E-state index is -0.0125. The minimum absolute atomic E-state index is 0.0125. The van der Waals surface area contributed by atoms with Gasteiger partial charge in [-0.3, -0.25) is 0 Å². The second-order valence-electron chi connectivity index (χ2n) is 4.06. The highest BCUT2D eigenvalue weighted by Crippen LogP contribution is 2.16. The van der Waals surface area contributed by atoms with E-state index in [0.717, 1.165) is 25.0 Å². The maximum absolute atomic E-state index is 5.73. The molecule has 1 aromatic rings. The van der Waals surface area contributed by atoms with Gasteiger partial charge in [0.05, 0.1) is 6.61 Å². The van der Waals surface area contributed by atoms with E-state index in [4.69, 9.17) is 21.1 Å². The van der Waals surface area contributed by atoms with Crippen LogP contribution >= 0.6 is 11.6 Å². The summed E-state index contributed by atoms with van der Waals surface area (Å²) in [5.41, 5.74) is 2.31. The van der Waals surface area contributed by atoms with Gasteiger partial charge in [0.2, 0.25) is 0 Å². The quantitative estimate of drug-likeness (QED) is 0.751. The Morgan fingerprint density at radius 1 is 1.19 bits per heavy atom. The van der Waals surface area contributed by atoms with E-state index in [0.29, 0.717) is 12.5 Å². The standard InChI is InChI=1S/C13H17ClO2/c14-9-11-4-6-12(7-5-11)10-16-13-3-1-2-8-15-13/h4-7,13H,1-3,8-10H2. The van der Waals surface area contributed by atoms with E-state index in [1.165, 1.54) is 12.0 Å². The zero-order valence-corrected chi connectivity index (χ0v) is 10.1. The van der Waals surface area contributed by atoms with Crippen LogP contribution in [-0.4, -0.2) is 12.9 Å². The molecule has 0 radical (unpaired) electrons. The van der Waals surface area contributed by atoms with Crippen LogP contribution in [0.25, 0.3) is 0 Å². The van der Waals surface area contributed by atoms with Crippen molar-refractivity contribution in [3.63, 3.8) is 0 Å². The molecule has 1 aliphatic rings. The lowest BCUT2D eigenvalue weighted by Gasteiger charge is -2.22. The summed E-state index contributed by atoms with van der Waals surface area (Å²) < 4.78 is 11.2.